The van der Waals surface area contributed by atoms with Gasteiger partial charge in [-0.05, 0) is 59.1 Å². The summed E-state index contributed by atoms with van der Waals surface area (Å²) < 4.78 is 37.3. The molecule has 0 saturated carbocycles. The molecule has 0 unspecified atom stereocenters. The second kappa shape index (κ2) is 9.91. The first-order chi connectivity index (χ1) is 14.0. The van der Waals surface area contributed by atoms with E-state index in [1.165, 1.54) is 12.1 Å². The molecular formula is C22H30F2N2O4. The Bertz CT molecular complexity index is 782. The summed E-state index contributed by atoms with van der Waals surface area (Å²) in [5.41, 5.74) is -0.687. The molecule has 1 amide bonds. The third-order valence-corrected chi connectivity index (χ3v) is 4.75. The van der Waals surface area contributed by atoms with E-state index < -0.39 is 28.7 Å². The van der Waals surface area contributed by atoms with E-state index in [0.29, 0.717) is 38.0 Å². The van der Waals surface area contributed by atoms with E-state index in [4.69, 9.17) is 9.47 Å². The number of amides is 1. The van der Waals surface area contributed by atoms with E-state index in [0.717, 1.165) is 12.1 Å². The molecule has 30 heavy (non-hydrogen) atoms. The molecule has 0 atom stereocenters. The van der Waals surface area contributed by atoms with Gasteiger partial charge in [0, 0.05) is 36.5 Å². The minimum atomic E-state index is -0.941. The van der Waals surface area contributed by atoms with Crippen LogP contribution in [0.3, 0.4) is 0 Å². The lowest BCUT2D eigenvalue weighted by Gasteiger charge is -2.42. The second-order valence-electron chi connectivity index (χ2n) is 8.36. The van der Waals surface area contributed by atoms with Crippen LogP contribution in [0.25, 0.3) is 0 Å². The summed E-state index contributed by atoms with van der Waals surface area (Å²) >= 11 is 0. The molecule has 1 saturated heterocycles. The van der Waals surface area contributed by atoms with E-state index in [2.05, 4.69) is 5.32 Å². The summed E-state index contributed by atoms with van der Waals surface area (Å²) in [4.78, 5) is 25.6. The topological polar surface area (TPSA) is 67.9 Å². The van der Waals surface area contributed by atoms with Crippen LogP contribution in [0.5, 0.6) is 0 Å². The van der Waals surface area contributed by atoms with Crippen LogP contribution >= 0.6 is 0 Å². The Balaban J connectivity index is 2.13. The van der Waals surface area contributed by atoms with Crippen LogP contribution in [0.2, 0.25) is 0 Å². The van der Waals surface area contributed by atoms with Crippen LogP contribution in [-0.4, -0.2) is 47.8 Å². The fourth-order valence-electron chi connectivity index (χ4n) is 3.28. The van der Waals surface area contributed by atoms with Crippen molar-refractivity contribution >= 4 is 17.7 Å². The van der Waals surface area contributed by atoms with Crippen LogP contribution in [0.1, 0.15) is 47.0 Å². The Hall–Kier alpha value is -2.64. The molecule has 0 aliphatic carbocycles. The largest absolute Gasteiger partial charge is 0.463 e. The lowest BCUT2D eigenvalue weighted by molar-refractivity contribution is -0.137. The molecule has 1 heterocycles. The van der Waals surface area contributed by atoms with Crippen molar-refractivity contribution < 1.29 is 27.8 Å². The SMILES string of the molecule is CCOC(=O)/C=C/CC1(Nc2ccc(F)c(F)c2)CCN(C(=O)OC(C)(C)C)CC1. The van der Waals surface area contributed by atoms with Gasteiger partial charge in [-0.25, -0.2) is 18.4 Å². The molecule has 1 aromatic carbocycles. The van der Waals surface area contributed by atoms with Gasteiger partial charge in [0.2, 0.25) is 0 Å². The maximum Gasteiger partial charge on any atom is 0.410 e. The zero-order valence-corrected chi connectivity index (χ0v) is 18.0. The van der Waals surface area contributed by atoms with Gasteiger partial charge < -0.3 is 19.7 Å². The number of likely N-dealkylation sites (tertiary alicyclic amines) is 1. The number of halogens is 2. The van der Waals surface area contributed by atoms with Crippen molar-refractivity contribution in [2.75, 3.05) is 25.0 Å². The first-order valence-electron chi connectivity index (χ1n) is 10.1. The number of hydrogen-bond acceptors (Lipinski definition) is 5. The molecule has 1 aliphatic rings. The first-order valence-corrected chi connectivity index (χ1v) is 10.1. The van der Waals surface area contributed by atoms with Gasteiger partial charge >= 0.3 is 12.1 Å². The fraction of sp³-hybridized carbons (Fsp3) is 0.545. The highest BCUT2D eigenvalue weighted by Gasteiger charge is 2.36. The predicted molar refractivity (Wildman–Crippen MR) is 110 cm³/mol. The minimum Gasteiger partial charge on any atom is -0.463 e. The summed E-state index contributed by atoms with van der Waals surface area (Å²) in [6.45, 7) is 8.30. The van der Waals surface area contributed by atoms with E-state index in [1.54, 1.807) is 17.9 Å². The summed E-state index contributed by atoms with van der Waals surface area (Å²) in [5, 5.41) is 3.29. The van der Waals surface area contributed by atoms with Gasteiger partial charge in [0.15, 0.2) is 11.6 Å². The van der Waals surface area contributed by atoms with Gasteiger partial charge in [-0.15, -0.1) is 0 Å². The predicted octanol–water partition coefficient (Wildman–Crippen LogP) is 4.66. The molecule has 0 radical (unpaired) electrons. The zero-order valence-electron chi connectivity index (χ0n) is 18.0. The monoisotopic (exact) mass is 424 g/mol. The summed E-state index contributed by atoms with van der Waals surface area (Å²) in [5.74, 6) is -2.30. The highest BCUT2D eigenvalue weighted by atomic mass is 19.2. The average Bonchev–Trinajstić information content (AvgIpc) is 2.64. The average molecular weight is 424 g/mol. The number of nitrogens with zero attached hydrogens (tertiary/aromatic N) is 1. The highest BCUT2D eigenvalue weighted by molar-refractivity contribution is 5.81. The number of hydrogen-bond donors (Lipinski definition) is 1. The van der Waals surface area contributed by atoms with Crippen molar-refractivity contribution in [3.63, 3.8) is 0 Å². The van der Waals surface area contributed by atoms with Crippen LogP contribution in [0.15, 0.2) is 30.4 Å². The molecule has 1 N–H and O–H groups in total. The van der Waals surface area contributed by atoms with Crippen molar-refractivity contribution in [3.05, 3.63) is 42.0 Å². The Morgan fingerprint density at radius 3 is 2.43 bits per heavy atom. The number of carbonyl (C=O) groups is 2. The number of nitrogens with one attached hydrogen (secondary N) is 1. The van der Waals surface area contributed by atoms with E-state index >= 15 is 0 Å². The lowest BCUT2D eigenvalue weighted by Crippen LogP contribution is -2.51. The molecule has 6 nitrogen and oxygen atoms in total. The van der Waals surface area contributed by atoms with Gasteiger partial charge in [0.25, 0.3) is 0 Å². The van der Waals surface area contributed by atoms with Crippen LogP contribution < -0.4 is 5.32 Å². The molecule has 0 aromatic heterocycles. The molecule has 1 aliphatic heterocycles. The maximum absolute atomic E-state index is 13.7. The summed E-state index contributed by atoms with van der Waals surface area (Å²) in [6.07, 6.45) is 4.21. The number of esters is 1. The van der Waals surface area contributed by atoms with Crippen molar-refractivity contribution in [2.24, 2.45) is 0 Å². The number of piperidine rings is 1. The quantitative estimate of drug-likeness (QED) is 0.532. The van der Waals surface area contributed by atoms with E-state index in [9.17, 15) is 18.4 Å². The Morgan fingerprint density at radius 2 is 1.87 bits per heavy atom. The number of benzene rings is 1. The number of ether oxygens (including phenoxy) is 2. The normalized spacial score (nSPS) is 16.4. The van der Waals surface area contributed by atoms with Crippen molar-refractivity contribution in [3.8, 4) is 0 Å². The molecule has 0 spiro atoms. The molecule has 2 rings (SSSR count). The highest BCUT2D eigenvalue weighted by Crippen LogP contribution is 2.32. The zero-order chi connectivity index (χ0) is 22.4. The Morgan fingerprint density at radius 1 is 1.20 bits per heavy atom. The first kappa shape index (κ1) is 23.6. The van der Waals surface area contributed by atoms with E-state index in [-0.39, 0.29) is 12.7 Å². The molecule has 1 aromatic rings. The molecular weight excluding hydrogens is 394 g/mol. The molecule has 1 fully saturated rings. The molecule has 0 bridgehead atoms. The standard InChI is InChI=1S/C22H30F2N2O4/c1-5-29-19(27)7-6-10-22(25-16-8-9-17(23)18(24)15-16)11-13-26(14-12-22)20(28)30-21(2,3)4/h6-9,15,25H,5,10-14H2,1-4H3/b7-6+. The van der Waals surface area contributed by atoms with Gasteiger partial charge in [0.05, 0.1) is 6.61 Å². The van der Waals surface area contributed by atoms with Gasteiger partial charge in [-0.3, -0.25) is 0 Å². The van der Waals surface area contributed by atoms with Gasteiger partial charge in [-0.1, -0.05) is 6.08 Å². The molecule has 8 heteroatoms. The van der Waals surface area contributed by atoms with Crippen molar-refractivity contribution in [2.45, 2.75) is 58.1 Å². The number of carbonyl (C=O) groups excluding carboxylic acids is 2. The minimum absolute atomic E-state index is 0.284. The van der Waals surface area contributed by atoms with Gasteiger partial charge in [0.1, 0.15) is 5.60 Å². The molecule has 166 valence electrons. The van der Waals surface area contributed by atoms with Crippen molar-refractivity contribution in [1.82, 2.24) is 4.90 Å². The smallest absolute Gasteiger partial charge is 0.410 e. The van der Waals surface area contributed by atoms with Crippen LogP contribution in [-0.2, 0) is 14.3 Å². The fourth-order valence-corrected chi connectivity index (χ4v) is 3.28. The van der Waals surface area contributed by atoms with Crippen LogP contribution in [0, 0.1) is 11.6 Å². The maximum atomic E-state index is 13.7. The third kappa shape index (κ3) is 7.00. The Kier molecular flexibility index (Phi) is 7.81. The second-order valence-corrected chi connectivity index (χ2v) is 8.36. The lowest BCUT2D eigenvalue weighted by atomic mass is 9.84. The Labute approximate surface area is 176 Å². The van der Waals surface area contributed by atoms with Gasteiger partial charge in [-0.2, -0.15) is 0 Å². The van der Waals surface area contributed by atoms with Crippen LogP contribution in [0.4, 0.5) is 19.3 Å². The van der Waals surface area contributed by atoms with Crippen molar-refractivity contribution in [1.29, 1.82) is 0 Å². The van der Waals surface area contributed by atoms with E-state index in [1.807, 2.05) is 20.8 Å². The number of rotatable bonds is 6. The summed E-state index contributed by atoms with van der Waals surface area (Å²) in [7, 11) is 0. The summed E-state index contributed by atoms with van der Waals surface area (Å²) in [6, 6.07) is 3.64. The third-order valence-electron chi connectivity index (χ3n) is 4.75. The number of anilines is 1.